The Morgan fingerprint density at radius 1 is 1.15 bits per heavy atom. The number of ether oxygens (including phenoxy) is 1. The van der Waals surface area contributed by atoms with Gasteiger partial charge in [-0.05, 0) is 31.0 Å². The second kappa shape index (κ2) is 9.42. The third-order valence-electron chi connectivity index (χ3n) is 5.52. The summed E-state index contributed by atoms with van der Waals surface area (Å²) in [5.74, 6) is -0.267. The van der Waals surface area contributed by atoms with Crippen LogP contribution in [0.4, 0.5) is 5.69 Å². The summed E-state index contributed by atoms with van der Waals surface area (Å²) in [4.78, 5) is 30.4. The summed E-state index contributed by atoms with van der Waals surface area (Å²) in [6.45, 7) is 5.46. The second-order valence-corrected chi connectivity index (χ2v) is 7.65. The topological polar surface area (TPSA) is 53.1 Å². The first-order chi connectivity index (χ1) is 13.1. The molecule has 1 atom stereocenters. The lowest BCUT2D eigenvalue weighted by molar-refractivity contribution is -0.144. The molecule has 7 heteroatoms. The van der Waals surface area contributed by atoms with Crippen molar-refractivity contribution in [3.63, 3.8) is 0 Å². The molecule has 0 N–H and O–H groups in total. The van der Waals surface area contributed by atoms with Crippen molar-refractivity contribution in [2.45, 2.75) is 31.7 Å². The number of amides is 1. The van der Waals surface area contributed by atoms with E-state index < -0.39 is 0 Å². The van der Waals surface area contributed by atoms with Crippen molar-refractivity contribution in [2.24, 2.45) is 0 Å². The van der Waals surface area contributed by atoms with Crippen molar-refractivity contribution in [1.29, 1.82) is 0 Å². The van der Waals surface area contributed by atoms with E-state index in [1.807, 2.05) is 23.1 Å². The number of carbonyl (C=O) groups excluding carboxylic acids is 2. The van der Waals surface area contributed by atoms with E-state index in [9.17, 15) is 9.59 Å². The molecule has 2 saturated heterocycles. The number of benzene rings is 1. The molecule has 1 aromatic carbocycles. The van der Waals surface area contributed by atoms with E-state index >= 15 is 0 Å². The number of likely N-dealkylation sites (tertiary alicyclic amines) is 1. The Morgan fingerprint density at radius 3 is 2.63 bits per heavy atom. The molecule has 2 fully saturated rings. The van der Waals surface area contributed by atoms with Gasteiger partial charge in [-0.3, -0.25) is 14.5 Å². The van der Waals surface area contributed by atoms with Crippen LogP contribution >= 0.6 is 11.6 Å². The van der Waals surface area contributed by atoms with Gasteiger partial charge in [0.15, 0.2) is 0 Å². The maximum Gasteiger partial charge on any atom is 0.306 e. The zero-order valence-corrected chi connectivity index (χ0v) is 16.7. The van der Waals surface area contributed by atoms with Crippen LogP contribution in [0.15, 0.2) is 24.3 Å². The molecule has 3 rings (SSSR count). The van der Waals surface area contributed by atoms with Gasteiger partial charge >= 0.3 is 5.97 Å². The quantitative estimate of drug-likeness (QED) is 0.719. The Bertz CT molecular complexity index is 662. The highest BCUT2D eigenvalue weighted by molar-refractivity contribution is 6.30. The monoisotopic (exact) mass is 393 g/mol. The van der Waals surface area contributed by atoms with Gasteiger partial charge in [0.1, 0.15) is 0 Å². The van der Waals surface area contributed by atoms with E-state index in [4.69, 9.17) is 11.6 Å². The van der Waals surface area contributed by atoms with Crippen molar-refractivity contribution in [1.82, 2.24) is 9.80 Å². The maximum atomic E-state index is 12.4. The number of hydrogen-bond donors (Lipinski definition) is 0. The van der Waals surface area contributed by atoms with Gasteiger partial charge in [-0.15, -0.1) is 0 Å². The number of halogens is 1. The molecule has 2 aliphatic heterocycles. The molecule has 0 saturated carbocycles. The summed E-state index contributed by atoms with van der Waals surface area (Å²) in [6.07, 6.45) is 2.54. The number of piperidine rings is 1. The van der Waals surface area contributed by atoms with E-state index in [0.717, 1.165) is 57.1 Å². The van der Waals surface area contributed by atoms with Gasteiger partial charge in [-0.2, -0.15) is 0 Å². The number of carbonyl (C=O) groups is 2. The van der Waals surface area contributed by atoms with Gasteiger partial charge in [-0.25, -0.2) is 0 Å². The molecular weight excluding hydrogens is 366 g/mol. The molecular formula is C20H28ClN3O3. The largest absolute Gasteiger partial charge is 0.469 e. The van der Waals surface area contributed by atoms with Crippen LogP contribution in [0.1, 0.15) is 25.7 Å². The van der Waals surface area contributed by atoms with Gasteiger partial charge in [0, 0.05) is 62.4 Å². The minimum Gasteiger partial charge on any atom is -0.469 e. The smallest absolute Gasteiger partial charge is 0.306 e. The standard InChI is InChI=1S/C20H28ClN3O3/c1-27-20(26)8-7-19(25)24-9-3-6-18(15-24)23-12-10-22(11-13-23)17-5-2-4-16(21)14-17/h2,4-5,14,18H,3,6-13,15H2,1H3/t18-/m0/s1. The molecule has 0 unspecified atom stereocenters. The van der Waals surface area contributed by atoms with Gasteiger partial charge in [0.05, 0.1) is 13.5 Å². The zero-order chi connectivity index (χ0) is 19.2. The zero-order valence-electron chi connectivity index (χ0n) is 15.9. The van der Waals surface area contributed by atoms with E-state index in [-0.39, 0.29) is 24.7 Å². The first kappa shape index (κ1) is 20.0. The van der Waals surface area contributed by atoms with Crippen molar-refractivity contribution in [2.75, 3.05) is 51.3 Å². The average molecular weight is 394 g/mol. The Labute approximate surface area is 166 Å². The summed E-state index contributed by atoms with van der Waals surface area (Å²) < 4.78 is 4.63. The van der Waals surface area contributed by atoms with E-state index in [1.54, 1.807) is 0 Å². The SMILES string of the molecule is COC(=O)CCC(=O)N1CCC[C@H](N2CCN(c3cccc(Cl)c3)CC2)C1. The first-order valence-electron chi connectivity index (χ1n) is 9.66. The fourth-order valence-corrected chi connectivity index (χ4v) is 4.15. The molecule has 27 heavy (non-hydrogen) atoms. The predicted molar refractivity (Wildman–Crippen MR) is 106 cm³/mol. The summed E-state index contributed by atoms with van der Waals surface area (Å²) in [5.41, 5.74) is 1.17. The Balaban J connectivity index is 1.49. The van der Waals surface area contributed by atoms with Crippen molar-refractivity contribution >= 4 is 29.2 Å². The summed E-state index contributed by atoms with van der Waals surface area (Å²) in [6, 6.07) is 8.41. The lowest BCUT2D eigenvalue weighted by Crippen LogP contribution is -2.55. The lowest BCUT2D eigenvalue weighted by Gasteiger charge is -2.44. The van der Waals surface area contributed by atoms with Crippen LogP contribution in [0.3, 0.4) is 0 Å². The number of esters is 1. The molecule has 0 bridgehead atoms. The number of anilines is 1. The summed E-state index contributed by atoms with van der Waals surface area (Å²) in [7, 11) is 1.35. The van der Waals surface area contributed by atoms with Gasteiger partial charge < -0.3 is 14.5 Å². The third kappa shape index (κ3) is 5.36. The maximum absolute atomic E-state index is 12.4. The first-order valence-corrected chi connectivity index (χ1v) is 10.0. The number of nitrogens with zero attached hydrogens (tertiary/aromatic N) is 3. The Kier molecular flexibility index (Phi) is 6.96. The van der Waals surface area contributed by atoms with Gasteiger partial charge in [0.2, 0.25) is 5.91 Å². The molecule has 0 spiro atoms. The fraction of sp³-hybridized carbons (Fsp3) is 0.600. The summed E-state index contributed by atoms with van der Waals surface area (Å²) in [5, 5.41) is 0.767. The highest BCUT2D eigenvalue weighted by Crippen LogP contribution is 2.23. The van der Waals surface area contributed by atoms with Crippen LogP contribution in [0.25, 0.3) is 0 Å². The van der Waals surface area contributed by atoms with Crippen LogP contribution in [0, 0.1) is 0 Å². The average Bonchev–Trinajstić information content (AvgIpc) is 2.72. The number of piperazine rings is 1. The predicted octanol–water partition coefficient (Wildman–Crippen LogP) is 2.41. The fourth-order valence-electron chi connectivity index (χ4n) is 3.97. The molecule has 0 aliphatic carbocycles. The molecule has 1 amide bonds. The number of rotatable bonds is 5. The Hall–Kier alpha value is -1.79. The minimum absolute atomic E-state index is 0.0580. The Morgan fingerprint density at radius 2 is 1.93 bits per heavy atom. The number of methoxy groups -OCH3 is 1. The van der Waals surface area contributed by atoms with Crippen LogP contribution < -0.4 is 4.90 Å². The highest BCUT2D eigenvalue weighted by Gasteiger charge is 2.30. The van der Waals surface area contributed by atoms with E-state index in [2.05, 4.69) is 20.6 Å². The second-order valence-electron chi connectivity index (χ2n) is 7.21. The molecule has 0 aromatic heterocycles. The number of hydrogen-bond acceptors (Lipinski definition) is 5. The highest BCUT2D eigenvalue weighted by atomic mass is 35.5. The van der Waals surface area contributed by atoms with Crippen molar-refractivity contribution in [3.8, 4) is 0 Å². The molecule has 2 aliphatic rings. The van der Waals surface area contributed by atoms with E-state index in [1.165, 1.54) is 12.8 Å². The van der Waals surface area contributed by atoms with Gasteiger partial charge in [-0.1, -0.05) is 17.7 Å². The lowest BCUT2D eigenvalue weighted by atomic mass is 10.0. The van der Waals surface area contributed by atoms with Crippen LogP contribution in [0.2, 0.25) is 5.02 Å². The molecule has 0 radical (unpaired) electrons. The van der Waals surface area contributed by atoms with Crippen LogP contribution in [0.5, 0.6) is 0 Å². The summed E-state index contributed by atoms with van der Waals surface area (Å²) >= 11 is 6.11. The van der Waals surface area contributed by atoms with Gasteiger partial charge in [0.25, 0.3) is 0 Å². The molecule has 1 aromatic rings. The molecule has 148 valence electrons. The third-order valence-corrected chi connectivity index (χ3v) is 5.76. The minimum atomic E-state index is -0.325. The van der Waals surface area contributed by atoms with E-state index in [0.29, 0.717) is 6.04 Å². The molecule has 2 heterocycles. The molecule has 6 nitrogen and oxygen atoms in total. The normalized spacial score (nSPS) is 21.2. The van der Waals surface area contributed by atoms with Crippen molar-refractivity contribution < 1.29 is 14.3 Å². The van der Waals surface area contributed by atoms with Crippen LogP contribution in [-0.2, 0) is 14.3 Å². The van der Waals surface area contributed by atoms with Crippen LogP contribution in [-0.4, -0.2) is 74.1 Å². The van der Waals surface area contributed by atoms with Crippen molar-refractivity contribution in [3.05, 3.63) is 29.3 Å².